The van der Waals surface area contributed by atoms with Crippen molar-refractivity contribution >= 4 is 22.6 Å². The van der Waals surface area contributed by atoms with Gasteiger partial charge in [0, 0.05) is 55.5 Å². The molecule has 0 spiro atoms. The maximum atomic E-state index is 12.4. The molecule has 136 valence electrons. The number of amides is 2. The predicted octanol–water partition coefficient (Wildman–Crippen LogP) is 3.05. The molecule has 6 nitrogen and oxygen atoms in total. The quantitative estimate of drug-likeness (QED) is 0.896. The standard InChI is InChI=1S/C19H28N4O2/c1-13-9-16-10-17(5-6-18(16)20-13)21-19(24)22(4)7-8-23-11-14(2)25-15(3)12-23/h5-6,9-10,14-15,20H,7-8,11-12H2,1-4H3,(H,21,24)/t14-,15+. The predicted molar refractivity (Wildman–Crippen MR) is 101 cm³/mol. The lowest BCUT2D eigenvalue weighted by atomic mass is 10.2. The molecule has 1 aliphatic rings. The van der Waals surface area contributed by atoms with Crippen molar-refractivity contribution in [3.63, 3.8) is 0 Å². The van der Waals surface area contributed by atoms with E-state index in [2.05, 4.69) is 35.1 Å². The number of fused-ring (bicyclic) bond motifs is 1. The Bertz CT molecular complexity index is 732. The minimum Gasteiger partial charge on any atom is -0.373 e. The molecular formula is C19H28N4O2. The number of aromatic amines is 1. The first-order valence-corrected chi connectivity index (χ1v) is 8.90. The number of H-pyrrole nitrogens is 1. The topological polar surface area (TPSA) is 60.6 Å². The molecule has 0 saturated carbocycles. The van der Waals surface area contributed by atoms with Gasteiger partial charge in [0.25, 0.3) is 0 Å². The van der Waals surface area contributed by atoms with Gasteiger partial charge in [0.1, 0.15) is 0 Å². The van der Waals surface area contributed by atoms with Crippen molar-refractivity contribution in [1.82, 2.24) is 14.8 Å². The van der Waals surface area contributed by atoms with Crippen LogP contribution >= 0.6 is 0 Å². The molecule has 3 rings (SSSR count). The number of carbonyl (C=O) groups excluding carboxylic acids is 1. The number of anilines is 1. The van der Waals surface area contributed by atoms with Crippen molar-refractivity contribution in [2.45, 2.75) is 33.0 Å². The number of ether oxygens (including phenoxy) is 1. The number of urea groups is 1. The number of benzene rings is 1. The fourth-order valence-corrected chi connectivity index (χ4v) is 3.43. The van der Waals surface area contributed by atoms with Gasteiger partial charge in [-0.2, -0.15) is 0 Å². The Morgan fingerprint density at radius 3 is 2.76 bits per heavy atom. The number of aryl methyl sites for hydroxylation is 1. The van der Waals surface area contributed by atoms with Crippen molar-refractivity contribution in [2.24, 2.45) is 0 Å². The van der Waals surface area contributed by atoms with Crippen molar-refractivity contribution < 1.29 is 9.53 Å². The minimum atomic E-state index is -0.0824. The van der Waals surface area contributed by atoms with Crippen molar-refractivity contribution in [2.75, 3.05) is 38.5 Å². The Balaban J connectivity index is 1.52. The summed E-state index contributed by atoms with van der Waals surface area (Å²) in [4.78, 5) is 19.8. The highest BCUT2D eigenvalue weighted by Crippen LogP contribution is 2.20. The number of nitrogens with one attached hydrogen (secondary N) is 2. The lowest BCUT2D eigenvalue weighted by Crippen LogP contribution is -2.48. The highest BCUT2D eigenvalue weighted by molar-refractivity contribution is 5.92. The average molecular weight is 344 g/mol. The van der Waals surface area contributed by atoms with E-state index in [0.717, 1.165) is 41.9 Å². The van der Waals surface area contributed by atoms with Crippen molar-refractivity contribution in [3.8, 4) is 0 Å². The average Bonchev–Trinajstić information content (AvgIpc) is 2.91. The zero-order chi connectivity index (χ0) is 18.0. The van der Waals surface area contributed by atoms with E-state index in [1.807, 2.05) is 32.2 Å². The van der Waals surface area contributed by atoms with E-state index in [4.69, 9.17) is 4.74 Å². The third-order valence-corrected chi connectivity index (χ3v) is 4.60. The lowest BCUT2D eigenvalue weighted by molar-refractivity contribution is -0.0684. The Morgan fingerprint density at radius 1 is 1.32 bits per heavy atom. The zero-order valence-electron chi connectivity index (χ0n) is 15.5. The summed E-state index contributed by atoms with van der Waals surface area (Å²) < 4.78 is 5.75. The largest absolute Gasteiger partial charge is 0.373 e. The van der Waals surface area contributed by atoms with E-state index in [9.17, 15) is 4.79 Å². The van der Waals surface area contributed by atoms with Crippen LogP contribution in [0.5, 0.6) is 0 Å². The minimum absolute atomic E-state index is 0.0824. The Morgan fingerprint density at radius 2 is 2.04 bits per heavy atom. The molecule has 1 aromatic heterocycles. The summed E-state index contributed by atoms with van der Waals surface area (Å²) in [6, 6.07) is 7.91. The van der Waals surface area contributed by atoms with Crippen LogP contribution in [-0.4, -0.2) is 66.2 Å². The molecule has 2 atom stereocenters. The third-order valence-electron chi connectivity index (χ3n) is 4.60. The molecule has 2 heterocycles. The van der Waals surface area contributed by atoms with Gasteiger partial charge in [-0.15, -0.1) is 0 Å². The van der Waals surface area contributed by atoms with Crippen LogP contribution in [0.4, 0.5) is 10.5 Å². The Hall–Kier alpha value is -2.05. The van der Waals surface area contributed by atoms with Gasteiger partial charge in [-0.3, -0.25) is 4.90 Å². The monoisotopic (exact) mass is 344 g/mol. The van der Waals surface area contributed by atoms with Crippen molar-refractivity contribution in [1.29, 1.82) is 0 Å². The van der Waals surface area contributed by atoms with E-state index in [1.54, 1.807) is 4.90 Å². The number of rotatable bonds is 4. The number of likely N-dealkylation sites (N-methyl/N-ethyl adjacent to an activating group) is 1. The van der Waals surface area contributed by atoms with E-state index in [1.165, 1.54) is 0 Å². The van der Waals surface area contributed by atoms with Gasteiger partial charge in [0.15, 0.2) is 0 Å². The first kappa shape index (κ1) is 17.8. The summed E-state index contributed by atoms with van der Waals surface area (Å²) in [6.07, 6.45) is 0.499. The molecule has 1 saturated heterocycles. The number of hydrogen-bond acceptors (Lipinski definition) is 3. The number of hydrogen-bond donors (Lipinski definition) is 2. The number of morpholine rings is 1. The second-order valence-electron chi connectivity index (χ2n) is 7.12. The SMILES string of the molecule is Cc1cc2cc(NC(=O)N(C)CCN3C[C@@H](C)O[C@@H](C)C3)ccc2[nH]1. The van der Waals surface area contributed by atoms with E-state index in [0.29, 0.717) is 6.54 Å². The van der Waals surface area contributed by atoms with Crippen LogP contribution in [0, 0.1) is 6.92 Å². The van der Waals surface area contributed by atoms with Crippen molar-refractivity contribution in [3.05, 3.63) is 30.0 Å². The Kier molecular flexibility index (Phi) is 5.30. The van der Waals surface area contributed by atoms with Gasteiger partial charge in [-0.25, -0.2) is 4.79 Å². The second-order valence-corrected chi connectivity index (χ2v) is 7.12. The summed E-state index contributed by atoms with van der Waals surface area (Å²) in [5.41, 5.74) is 3.01. The Labute approximate surface area is 149 Å². The van der Waals surface area contributed by atoms with Crippen LogP contribution < -0.4 is 5.32 Å². The fourth-order valence-electron chi connectivity index (χ4n) is 3.43. The number of nitrogens with zero attached hydrogens (tertiary/aromatic N) is 2. The summed E-state index contributed by atoms with van der Waals surface area (Å²) in [6.45, 7) is 9.61. The van der Waals surface area contributed by atoms with Crippen LogP contribution in [-0.2, 0) is 4.74 Å². The fraction of sp³-hybridized carbons (Fsp3) is 0.526. The van der Waals surface area contributed by atoms with Gasteiger partial charge in [0.05, 0.1) is 12.2 Å². The lowest BCUT2D eigenvalue weighted by Gasteiger charge is -2.36. The van der Waals surface area contributed by atoms with Crippen LogP contribution in [0.15, 0.2) is 24.3 Å². The number of aromatic nitrogens is 1. The van der Waals surface area contributed by atoms with E-state index in [-0.39, 0.29) is 18.2 Å². The van der Waals surface area contributed by atoms with Crippen LogP contribution in [0.3, 0.4) is 0 Å². The highest BCUT2D eigenvalue weighted by Gasteiger charge is 2.22. The summed E-state index contributed by atoms with van der Waals surface area (Å²) in [5, 5.41) is 4.08. The molecule has 2 N–H and O–H groups in total. The van der Waals surface area contributed by atoms with E-state index < -0.39 is 0 Å². The molecular weight excluding hydrogens is 316 g/mol. The van der Waals surface area contributed by atoms with Gasteiger partial charge in [0.2, 0.25) is 0 Å². The summed E-state index contributed by atoms with van der Waals surface area (Å²) >= 11 is 0. The molecule has 0 aliphatic carbocycles. The van der Waals surface area contributed by atoms with Crippen LogP contribution in [0.2, 0.25) is 0 Å². The normalized spacial score (nSPS) is 21.4. The molecule has 25 heavy (non-hydrogen) atoms. The maximum absolute atomic E-state index is 12.4. The molecule has 6 heteroatoms. The molecule has 1 fully saturated rings. The van der Waals surface area contributed by atoms with Crippen LogP contribution in [0.25, 0.3) is 10.9 Å². The third kappa shape index (κ3) is 4.52. The molecule has 1 aromatic carbocycles. The smallest absolute Gasteiger partial charge is 0.321 e. The maximum Gasteiger partial charge on any atom is 0.321 e. The van der Waals surface area contributed by atoms with Gasteiger partial charge >= 0.3 is 6.03 Å². The second kappa shape index (κ2) is 7.45. The number of carbonyl (C=O) groups is 1. The van der Waals surface area contributed by atoms with Gasteiger partial charge in [-0.1, -0.05) is 0 Å². The highest BCUT2D eigenvalue weighted by atomic mass is 16.5. The van der Waals surface area contributed by atoms with Gasteiger partial charge in [-0.05, 0) is 45.0 Å². The molecule has 1 aliphatic heterocycles. The molecule has 2 amide bonds. The molecule has 0 radical (unpaired) electrons. The first-order valence-electron chi connectivity index (χ1n) is 8.90. The van der Waals surface area contributed by atoms with E-state index >= 15 is 0 Å². The first-order chi connectivity index (χ1) is 11.9. The zero-order valence-corrected chi connectivity index (χ0v) is 15.5. The summed E-state index contributed by atoms with van der Waals surface area (Å²) in [7, 11) is 1.83. The molecule has 2 aromatic rings. The molecule has 0 unspecified atom stereocenters. The summed E-state index contributed by atoms with van der Waals surface area (Å²) in [5.74, 6) is 0. The van der Waals surface area contributed by atoms with Crippen LogP contribution in [0.1, 0.15) is 19.5 Å². The van der Waals surface area contributed by atoms with Gasteiger partial charge < -0.3 is 19.9 Å². The molecule has 0 bridgehead atoms.